The number of hydrogen-bond acceptors (Lipinski definition) is 2. The molecule has 17 heavy (non-hydrogen) atoms. The number of nitrogens with two attached hydrogens (primary N) is 1. The van der Waals surface area contributed by atoms with Crippen LogP contribution in [0.15, 0.2) is 0 Å². The van der Waals surface area contributed by atoms with Crippen LogP contribution in [-0.4, -0.2) is 18.0 Å². The van der Waals surface area contributed by atoms with E-state index in [9.17, 15) is 4.79 Å². The van der Waals surface area contributed by atoms with Crippen molar-refractivity contribution < 1.29 is 4.79 Å². The highest BCUT2D eigenvalue weighted by Crippen LogP contribution is 2.31. The van der Waals surface area contributed by atoms with Crippen molar-refractivity contribution in [3.8, 4) is 0 Å². The molecular weight excluding hydrogens is 212 g/mol. The molecular formula is C14H28N2O. The second-order valence-electron chi connectivity index (χ2n) is 5.67. The highest BCUT2D eigenvalue weighted by molar-refractivity contribution is 5.76. The average molecular weight is 240 g/mol. The van der Waals surface area contributed by atoms with Gasteiger partial charge in [0, 0.05) is 13.0 Å². The summed E-state index contributed by atoms with van der Waals surface area (Å²) < 4.78 is 0. The molecule has 1 aliphatic carbocycles. The number of carbonyl (C=O) groups is 1. The normalized spacial score (nSPS) is 29.0. The first-order chi connectivity index (χ1) is 8.12. The molecule has 1 amide bonds. The highest BCUT2D eigenvalue weighted by atomic mass is 16.1. The first-order valence-electron chi connectivity index (χ1n) is 7.13. The number of carbonyl (C=O) groups excluding carboxylic acids is 1. The predicted molar refractivity (Wildman–Crippen MR) is 71.7 cm³/mol. The van der Waals surface area contributed by atoms with E-state index in [1.54, 1.807) is 0 Å². The smallest absolute Gasteiger partial charge is 0.220 e. The molecule has 0 aromatic carbocycles. The fourth-order valence-electron chi connectivity index (χ4n) is 2.59. The summed E-state index contributed by atoms with van der Waals surface area (Å²) >= 11 is 0. The summed E-state index contributed by atoms with van der Waals surface area (Å²) in [4.78, 5) is 11.9. The van der Waals surface area contributed by atoms with E-state index >= 15 is 0 Å². The Morgan fingerprint density at radius 1 is 1.35 bits per heavy atom. The van der Waals surface area contributed by atoms with Crippen LogP contribution in [0.1, 0.15) is 65.2 Å². The Hall–Kier alpha value is -0.570. The topological polar surface area (TPSA) is 55.1 Å². The molecule has 0 aliphatic heterocycles. The van der Waals surface area contributed by atoms with Gasteiger partial charge in [0.05, 0.1) is 5.54 Å². The van der Waals surface area contributed by atoms with Crippen molar-refractivity contribution in [2.75, 3.05) is 6.54 Å². The Morgan fingerprint density at radius 3 is 2.53 bits per heavy atom. The molecule has 1 saturated carbocycles. The van der Waals surface area contributed by atoms with Crippen LogP contribution < -0.4 is 11.1 Å². The Balaban J connectivity index is 2.37. The third kappa shape index (κ3) is 4.66. The van der Waals surface area contributed by atoms with E-state index in [4.69, 9.17) is 5.73 Å². The second kappa shape index (κ2) is 7.00. The molecule has 3 N–H and O–H groups in total. The van der Waals surface area contributed by atoms with Crippen molar-refractivity contribution in [1.82, 2.24) is 5.32 Å². The molecule has 0 aromatic rings. The van der Waals surface area contributed by atoms with Gasteiger partial charge in [0.1, 0.15) is 0 Å². The van der Waals surface area contributed by atoms with Gasteiger partial charge in [0.15, 0.2) is 0 Å². The molecule has 3 heteroatoms. The van der Waals surface area contributed by atoms with Crippen molar-refractivity contribution in [3.05, 3.63) is 0 Å². The Bertz CT molecular complexity index is 232. The van der Waals surface area contributed by atoms with Crippen molar-refractivity contribution >= 4 is 5.91 Å². The third-order valence-corrected chi connectivity index (χ3v) is 4.03. The van der Waals surface area contributed by atoms with Gasteiger partial charge in [-0.2, -0.15) is 0 Å². The second-order valence-corrected chi connectivity index (χ2v) is 5.67. The Kier molecular flexibility index (Phi) is 5.96. The SMILES string of the molecule is CCCCCC(=O)NC1(CN)CCC(C)CC1. The van der Waals surface area contributed by atoms with Crippen LogP contribution in [0.3, 0.4) is 0 Å². The van der Waals surface area contributed by atoms with Crippen LogP contribution in [0.2, 0.25) is 0 Å². The highest BCUT2D eigenvalue weighted by Gasteiger charge is 2.33. The predicted octanol–water partition coefficient (Wildman–Crippen LogP) is 2.59. The van der Waals surface area contributed by atoms with Crippen LogP contribution in [0.5, 0.6) is 0 Å². The van der Waals surface area contributed by atoms with Crippen LogP contribution in [0, 0.1) is 5.92 Å². The number of rotatable bonds is 6. The first-order valence-corrected chi connectivity index (χ1v) is 7.13. The summed E-state index contributed by atoms with van der Waals surface area (Å²) in [5.74, 6) is 0.977. The zero-order valence-electron chi connectivity index (χ0n) is 11.4. The fraction of sp³-hybridized carbons (Fsp3) is 0.929. The van der Waals surface area contributed by atoms with E-state index in [2.05, 4.69) is 19.2 Å². The number of unbranched alkanes of at least 4 members (excludes halogenated alkanes) is 2. The van der Waals surface area contributed by atoms with E-state index in [0.717, 1.165) is 38.0 Å². The molecule has 1 aliphatic rings. The van der Waals surface area contributed by atoms with E-state index in [1.165, 1.54) is 12.8 Å². The lowest BCUT2D eigenvalue weighted by atomic mass is 9.77. The zero-order valence-corrected chi connectivity index (χ0v) is 11.4. The van der Waals surface area contributed by atoms with Gasteiger partial charge in [0.25, 0.3) is 0 Å². The molecule has 100 valence electrons. The minimum Gasteiger partial charge on any atom is -0.349 e. The standard InChI is InChI=1S/C14H28N2O/c1-3-4-5-6-13(17)16-14(11-15)9-7-12(2)8-10-14/h12H,3-11,15H2,1-2H3,(H,16,17). The molecule has 0 bridgehead atoms. The summed E-state index contributed by atoms with van der Waals surface area (Å²) in [6.07, 6.45) is 8.42. The van der Waals surface area contributed by atoms with E-state index in [1.807, 2.05) is 0 Å². The largest absolute Gasteiger partial charge is 0.349 e. The summed E-state index contributed by atoms with van der Waals surface area (Å²) in [6, 6.07) is 0. The molecule has 1 fully saturated rings. The first kappa shape index (κ1) is 14.5. The van der Waals surface area contributed by atoms with Gasteiger partial charge in [0.2, 0.25) is 5.91 Å². The number of hydrogen-bond donors (Lipinski definition) is 2. The minimum absolute atomic E-state index is 0.101. The van der Waals surface area contributed by atoms with Gasteiger partial charge < -0.3 is 11.1 Å². The van der Waals surface area contributed by atoms with Gasteiger partial charge in [-0.15, -0.1) is 0 Å². The van der Waals surface area contributed by atoms with Gasteiger partial charge >= 0.3 is 0 Å². The molecule has 0 saturated heterocycles. The Morgan fingerprint density at radius 2 is 2.00 bits per heavy atom. The van der Waals surface area contributed by atoms with Gasteiger partial charge in [-0.05, 0) is 38.0 Å². The number of amides is 1. The molecule has 0 spiro atoms. The molecule has 1 rings (SSSR count). The molecule has 0 radical (unpaired) electrons. The molecule has 0 atom stereocenters. The van der Waals surface area contributed by atoms with E-state index in [-0.39, 0.29) is 11.4 Å². The summed E-state index contributed by atoms with van der Waals surface area (Å²) in [5, 5.41) is 3.20. The Labute approximate surface area is 106 Å². The monoisotopic (exact) mass is 240 g/mol. The van der Waals surface area contributed by atoms with Crippen molar-refractivity contribution in [3.63, 3.8) is 0 Å². The van der Waals surface area contributed by atoms with Crippen LogP contribution >= 0.6 is 0 Å². The summed E-state index contributed by atoms with van der Waals surface area (Å²) in [7, 11) is 0. The van der Waals surface area contributed by atoms with Crippen molar-refractivity contribution in [1.29, 1.82) is 0 Å². The maximum absolute atomic E-state index is 11.9. The maximum Gasteiger partial charge on any atom is 0.220 e. The molecule has 0 unspecified atom stereocenters. The van der Waals surface area contributed by atoms with Crippen LogP contribution in [-0.2, 0) is 4.79 Å². The molecule has 0 aromatic heterocycles. The summed E-state index contributed by atoms with van der Waals surface area (Å²) in [5.41, 5.74) is 5.77. The van der Waals surface area contributed by atoms with E-state index < -0.39 is 0 Å². The van der Waals surface area contributed by atoms with E-state index in [0.29, 0.717) is 13.0 Å². The molecule has 0 heterocycles. The third-order valence-electron chi connectivity index (χ3n) is 4.03. The minimum atomic E-state index is -0.101. The van der Waals surface area contributed by atoms with Crippen molar-refractivity contribution in [2.24, 2.45) is 11.7 Å². The average Bonchev–Trinajstić information content (AvgIpc) is 2.33. The molecule has 3 nitrogen and oxygen atoms in total. The van der Waals surface area contributed by atoms with Gasteiger partial charge in [-0.3, -0.25) is 4.79 Å². The maximum atomic E-state index is 11.9. The lowest BCUT2D eigenvalue weighted by molar-refractivity contribution is -0.123. The lowest BCUT2D eigenvalue weighted by Gasteiger charge is -2.39. The fourth-order valence-corrected chi connectivity index (χ4v) is 2.59. The quantitative estimate of drug-likeness (QED) is 0.701. The van der Waals surface area contributed by atoms with Crippen molar-refractivity contribution in [2.45, 2.75) is 70.8 Å². The van der Waals surface area contributed by atoms with Crippen LogP contribution in [0.4, 0.5) is 0 Å². The van der Waals surface area contributed by atoms with Gasteiger partial charge in [-0.25, -0.2) is 0 Å². The lowest BCUT2D eigenvalue weighted by Crippen LogP contribution is -2.55. The summed E-state index contributed by atoms with van der Waals surface area (Å²) in [6.45, 7) is 5.02. The van der Waals surface area contributed by atoms with Gasteiger partial charge in [-0.1, -0.05) is 26.7 Å². The number of nitrogens with one attached hydrogen (secondary N) is 1. The van der Waals surface area contributed by atoms with Crippen LogP contribution in [0.25, 0.3) is 0 Å². The zero-order chi connectivity index (χ0) is 12.7.